The average Bonchev–Trinajstić information content (AvgIpc) is 2.35. The van der Waals surface area contributed by atoms with Gasteiger partial charge < -0.3 is 15.0 Å². The molecule has 0 aromatic heterocycles. The Morgan fingerprint density at radius 3 is 2.71 bits per heavy atom. The summed E-state index contributed by atoms with van der Waals surface area (Å²) in [6.45, 7) is 0.484. The summed E-state index contributed by atoms with van der Waals surface area (Å²) in [4.78, 5) is 12.9. The number of carbonyl (C=O) groups excluding carboxylic acids is 1. The Balaban J connectivity index is 2.66. The molecule has 0 aliphatic rings. The van der Waals surface area contributed by atoms with E-state index < -0.39 is 0 Å². The van der Waals surface area contributed by atoms with Crippen molar-refractivity contribution < 1.29 is 9.53 Å². The summed E-state index contributed by atoms with van der Waals surface area (Å²) in [6.07, 6.45) is 0. The van der Waals surface area contributed by atoms with Crippen molar-refractivity contribution >= 4 is 33.3 Å². The third kappa shape index (κ3) is 3.93. The maximum atomic E-state index is 11.2. The lowest BCUT2D eigenvalue weighted by atomic mass is 10.2. The van der Waals surface area contributed by atoms with E-state index in [2.05, 4.69) is 26.0 Å². The number of alkyl halides is 1. The van der Waals surface area contributed by atoms with Gasteiger partial charge in [0.1, 0.15) is 4.83 Å². The minimum absolute atomic E-state index is 0.278. The van der Waals surface area contributed by atoms with E-state index in [4.69, 9.17) is 0 Å². The lowest BCUT2D eigenvalue weighted by Gasteiger charge is -2.19. The number of anilines is 2. The summed E-state index contributed by atoms with van der Waals surface area (Å²) < 4.78 is 4.64. The number of esters is 1. The molecule has 0 saturated heterocycles. The first-order chi connectivity index (χ1) is 8.06. The highest BCUT2D eigenvalue weighted by molar-refractivity contribution is 9.10. The predicted molar refractivity (Wildman–Crippen MR) is 74.0 cm³/mol. The van der Waals surface area contributed by atoms with Crippen molar-refractivity contribution in [3.05, 3.63) is 24.3 Å². The summed E-state index contributed by atoms with van der Waals surface area (Å²) in [7, 11) is 5.34. The molecule has 17 heavy (non-hydrogen) atoms. The summed E-state index contributed by atoms with van der Waals surface area (Å²) in [6, 6.07) is 7.93. The van der Waals surface area contributed by atoms with Gasteiger partial charge in [-0.05, 0) is 12.1 Å². The topological polar surface area (TPSA) is 41.6 Å². The Bertz CT molecular complexity index is 383. The second-order valence-electron chi connectivity index (χ2n) is 3.78. The van der Waals surface area contributed by atoms with Gasteiger partial charge in [-0.1, -0.05) is 28.1 Å². The van der Waals surface area contributed by atoms with Crippen LogP contribution < -0.4 is 10.2 Å². The number of nitrogens with zero attached hydrogens (tertiary/aromatic N) is 1. The molecule has 0 heterocycles. The quantitative estimate of drug-likeness (QED) is 0.668. The number of halogens is 1. The number of hydrogen-bond donors (Lipinski definition) is 1. The van der Waals surface area contributed by atoms with Gasteiger partial charge in [-0.25, -0.2) is 0 Å². The van der Waals surface area contributed by atoms with Gasteiger partial charge in [0.2, 0.25) is 0 Å². The zero-order valence-corrected chi connectivity index (χ0v) is 11.8. The van der Waals surface area contributed by atoms with Crippen molar-refractivity contribution in [2.24, 2.45) is 0 Å². The normalized spacial score (nSPS) is 11.8. The lowest BCUT2D eigenvalue weighted by molar-refractivity contribution is -0.139. The fraction of sp³-hybridized carbons (Fsp3) is 0.417. The first kappa shape index (κ1) is 13.8. The van der Waals surface area contributed by atoms with Crippen LogP contribution in [0.1, 0.15) is 0 Å². The summed E-state index contributed by atoms with van der Waals surface area (Å²) >= 11 is 3.27. The van der Waals surface area contributed by atoms with Gasteiger partial charge in [0.25, 0.3) is 0 Å². The number of para-hydroxylation sites is 2. The number of ether oxygens (including phenoxy) is 1. The smallest absolute Gasteiger partial charge is 0.321 e. The maximum absolute atomic E-state index is 11.2. The molecule has 5 heteroatoms. The zero-order valence-electron chi connectivity index (χ0n) is 10.2. The van der Waals surface area contributed by atoms with E-state index in [0.29, 0.717) is 6.54 Å². The van der Waals surface area contributed by atoms with Gasteiger partial charge in [0.15, 0.2) is 0 Å². The van der Waals surface area contributed by atoms with Crippen molar-refractivity contribution in [1.82, 2.24) is 0 Å². The molecule has 0 saturated carbocycles. The largest absolute Gasteiger partial charge is 0.468 e. The van der Waals surface area contributed by atoms with Crippen molar-refractivity contribution in [2.45, 2.75) is 4.83 Å². The third-order valence-electron chi connectivity index (χ3n) is 2.31. The number of rotatable bonds is 5. The molecule has 0 fully saturated rings. The van der Waals surface area contributed by atoms with E-state index in [-0.39, 0.29) is 10.8 Å². The van der Waals surface area contributed by atoms with Crippen LogP contribution in [0.3, 0.4) is 0 Å². The average molecular weight is 301 g/mol. The molecule has 94 valence electrons. The van der Waals surface area contributed by atoms with Crippen molar-refractivity contribution in [3.63, 3.8) is 0 Å². The van der Waals surface area contributed by atoms with Crippen molar-refractivity contribution in [1.29, 1.82) is 0 Å². The standard InChI is InChI=1S/C12H17BrN2O2/c1-15(2)11-7-5-4-6-10(11)14-8-9(13)12(16)17-3/h4-7,9,14H,8H2,1-3H3. The maximum Gasteiger partial charge on any atom is 0.321 e. The molecule has 1 N–H and O–H groups in total. The first-order valence-electron chi connectivity index (χ1n) is 5.28. The summed E-state index contributed by atoms with van der Waals surface area (Å²) in [5, 5.41) is 3.22. The molecule has 1 unspecified atom stereocenters. The van der Waals surface area contributed by atoms with Gasteiger partial charge in [-0.15, -0.1) is 0 Å². The van der Waals surface area contributed by atoms with Gasteiger partial charge in [0, 0.05) is 20.6 Å². The van der Waals surface area contributed by atoms with Crippen LogP contribution in [0.5, 0.6) is 0 Å². The molecular weight excluding hydrogens is 284 g/mol. The van der Waals surface area contributed by atoms with Crippen LogP contribution in [0.4, 0.5) is 11.4 Å². The van der Waals surface area contributed by atoms with Crippen LogP contribution in [-0.4, -0.2) is 38.5 Å². The number of nitrogens with one attached hydrogen (secondary N) is 1. The highest BCUT2D eigenvalue weighted by Gasteiger charge is 2.15. The van der Waals surface area contributed by atoms with E-state index >= 15 is 0 Å². The SMILES string of the molecule is COC(=O)C(Br)CNc1ccccc1N(C)C. The fourth-order valence-corrected chi connectivity index (χ4v) is 1.77. The molecule has 1 atom stereocenters. The molecule has 0 aliphatic carbocycles. The van der Waals surface area contributed by atoms with Crippen LogP contribution in [-0.2, 0) is 9.53 Å². The Morgan fingerprint density at radius 1 is 1.47 bits per heavy atom. The number of hydrogen-bond acceptors (Lipinski definition) is 4. The van der Waals surface area contributed by atoms with E-state index in [9.17, 15) is 4.79 Å². The highest BCUT2D eigenvalue weighted by Crippen LogP contribution is 2.23. The third-order valence-corrected chi connectivity index (χ3v) is 3.01. The summed E-state index contributed by atoms with van der Waals surface area (Å²) in [5.74, 6) is -0.278. The molecule has 1 aromatic rings. The molecule has 0 radical (unpaired) electrons. The van der Waals surface area contributed by atoms with Gasteiger partial charge in [-0.2, -0.15) is 0 Å². The van der Waals surface area contributed by atoms with Gasteiger partial charge in [0.05, 0.1) is 18.5 Å². The van der Waals surface area contributed by atoms with Crippen molar-refractivity contribution in [2.75, 3.05) is 38.0 Å². The summed E-state index contributed by atoms with van der Waals surface area (Å²) in [5.41, 5.74) is 2.07. The van der Waals surface area contributed by atoms with Crippen LogP contribution in [0.25, 0.3) is 0 Å². The van der Waals surface area contributed by atoms with Crippen LogP contribution in [0.15, 0.2) is 24.3 Å². The fourth-order valence-electron chi connectivity index (χ4n) is 1.42. The Kier molecular flexibility index (Phi) is 5.28. The van der Waals surface area contributed by atoms with E-state index in [1.165, 1.54) is 7.11 Å². The molecule has 1 rings (SSSR count). The first-order valence-corrected chi connectivity index (χ1v) is 6.20. The Morgan fingerprint density at radius 2 is 2.12 bits per heavy atom. The molecule has 0 spiro atoms. The lowest BCUT2D eigenvalue weighted by Crippen LogP contribution is -2.25. The van der Waals surface area contributed by atoms with Gasteiger partial charge >= 0.3 is 5.97 Å². The monoisotopic (exact) mass is 300 g/mol. The molecule has 0 bridgehead atoms. The van der Waals surface area contributed by atoms with E-state index in [1.54, 1.807) is 0 Å². The van der Waals surface area contributed by atoms with Crippen LogP contribution >= 0.6 is 15.9 Å². The van der Waals surface area contributed by atoms with E-state index in [1.807, 2.05) is 43.3 Å². The van der Waals surface area contributed by atoms with Crippen LogP contribution in [0.2, 0.25) is 0 Å². The number of carbonyl (C=O) groups is 1. The highest BCUT2D eigenvalue weighted by atomic mass is 79.9. The van der Waals surface area contributed by atoms with Crippen molar-refractivity contribution in [3.8, 4) is 0 Å². The number of benzene rings is 1. The molecule has 4 nitrogen and oxygen atoms in total. The molecule has 0 aliphatic heterocycles. The predicted octanol–water partition coefficient (Wildman–Crippen LogP) is 2.10. The number of methoxy groups -OCH3 is 1. The van der Waals surface area contributed by atoms with E-state index in [0.717, 1.165) is 11.4 Å². The minimum atomic E-state index is -0.345. The van der Waals surface area contributed by atoms with Gasteiger partial charge in [-0.3, -0.25) is 4.79 Å². The molecule has 1 aromatic carbocycles. The zero-order chi connectivity index (χ0) is 12.8. The Hall–Kier alpha value is -1.23. The Labute approximate surface area is 110 Å². The second-order valence-corrected chi connectivity index (χ2v) is 4.89. The molecule has 0 amide bonds. The second kappa shape index (κ2) is 6.49. The molecular formula is C12H17BrN2O2. The van der Waals surface area contributed by atoms with Crippen LogP contribution in [0, 0.1) is 0 Å². The minimum Gasteiger partial charge on any atom is -0.468 e.